The van der Waals surface area contributed by atoms with Crippen LogP contribution >= 0.6 is 0 Å². The molecular formula is C26H24N4O4. The Hall–Kier alpha value is -4.46. The van der Waals surface area contributed by atoms with Crippen molar-refractivity contribution in [2.75, 3.05) is 5.32 Å². The second-order valence-corrected chi connectivity index (χ2v) is 7.55. The Morgan fingerprint density at radius 2 is 1.79 bits per heavy atom. The van der Waals surface area contributed by atoms with Crippen molar-refractivity contribution < 1.29 is 18.7 Å². The van der Waals surface area contributed by atoms with Crippen molar-refractivity contribution in [3.63, 3.8) is 0 Å². The predicted molar refractivity (Wildman–Crippen MR) is 127 cm³/mol. The van der Waals surface area contributed by atoms with Crippen LogP contribution < -0.4 is 15.4 Å². The average molecular weight is 457 g/mol. The molecule has 0 aliphatic heterocycles. The van der Waals surface area contributed by atoms with Gasteiger partial charge in [0.1, 0.15) is 17.2 Å². The second kappa shape index (κ2) is 10.4. The van der Waals surface area contributed by atoms with Crippen molar-refractivity contribution >= 4 is 17.5 Å². The standard InChI is InChI=1S/C26H24N4O4/c1-17-23(16-28-24(31)18(2)33-20-10-4-3-5-11-20)30-26(34-17)21-12-6-7-13-22(21)29-25(32)19-9-8-14-27-15-19/h3-15,18H,16H2,1-2H3,(H,28,31)(H,29,32)/t18-/m1/s1. The molecule has 0 aliphatic carbocycles. The second-order valence-electron chi connectivity index (χ2n) is 7.55. The molecule has 0 bridgehead atoms. The van der Waals surface area contributed by atoms with Crippen LogP contribution in [0.5, 0.6) is 5.75 Å². The summed E-state index contributed by atoms with van der Waals surface area (Å²) in [5.74, 6) is 0.980. The maximum Gasteiger partial charge on any atom is 0.261 e. The molecule has 8 heteroatoms. The Bertz CT molecular complexity index is 1270. The van der Waals surface area contributed by atoms with Gasteiger partial charge in [-0.2, -0.15) is 0 Å². The summed E-state index contributed by atoms with van der Waals surface area (Å²) in [5, 5.41) is 5.71. The van der Waals surface area contributed by atoms with E-state index in [1.165, 1.54) is 6.20 Å². The molecule has 0 unspecified atom stereocenters. The largest absolute Gasteiger partial charge is 0.481 e. The number of aryl methyl sites for hydroxylation is 1. The molecular weight excluding hydrogens is 432 g/mol. The molecule has 0 spiro atoms. The normalized spacial score (nSPS) is 11.5. The van der Waals surface area contributed by atoms with Crippen LogP contribution in [0.4, 0.5) is 5.69 Å². The number of anilines is 1. The molecule has 0 saturated heterocycles. The van der Waals surface area contributed by atoms with E-state index in [1.807, 2.05) is 36.4 Å². The quantitative estimate of drug-likeness (QED) is 0.408. The number of hydrogen-bond donors (Lipinski definition) is 2. The lowest BCUT2D eigenvalue weighted by Crippen LogP contribution is -2.36. The number of amides is 2. The zero-order valence-electron chi connectivity index (χ0n) is 18.8. The molecule has 2 aromatic carbocycles. The Balaban J connectivity index is 1.44. The SMILES string of the molecule is Cc1oc(-c2ccccc2NC(=O)c2cccnc2)nc1CNC(=O)[C@@H](C)Oc1ccccc1. The maximum atomic E-state index is 12.6. The number of hydrogen-bond acceptors (Lipinski definition) is 6. The van der Waals surface area contributed by atoms with Crippen LogP contribution in [0.2, 0.25) is 0 Å². The molecule has 0 radical (unpaired) electrons. The summed E-state index contributed by atoms with van der Waals surface area (Å²) in [6, 6.07) is 19.8. The first-order chi connectivity index (χ1) is 16.5. The third-order valence-corrected chi connectivity index (χ3v) is 5.08. The summed E-state index contributed by atoms with van der Waals surface area (Å²) >= 11 is 0. The van der Waals surface area contributed by atoms with E-state index in [0.29, 0.717) is 39.9 Å². The zero-order chi connectivity index (χ0) is 23.9. The van der Waals surface area contributed by atoms with Gasteiger partial charge in [-0.1, -0.05) is 30.3 Å². The highest BCUT2D eigenvalue weighted by Gasteiger charge is 2.19. The highest BCUT2D eigenvalue weighted by atomic mass is 16.5. The van der Waals surface area contributed by atoms with Crippen LogP contribution in [-0.4, -0.2) is 27.9 Å². The first kappa shape index (κ1) is 22.7. The van der Waals surface area contributed by atoms with Gasteiger partial charge in [-0.3, -0.25) is 14.6 Å². The van der Waals surface area contributed by atoms with Crippen molar-refractivity contribution in [2.45, 2.75) is 26.5 Å². The van der Waals surface area contributed by atoms with Gasteiger partial charge in [-0.25, -0.2) is 4.98 Å². The van der Waals surface area contributed by atoms with Gasteiger partial charge >= 0.3 is 0 Å². The number of nitrogens with one attached hydrogen (secondary N) is 2. The van der Waals surface area contributed by atoms with E-state index >= 15 is 0 Å². The monoisotopic (exact) mass is 456 g/mol. The van der Waals surface area contributed by atoms with Crippen molar-refractivity contribution in [3.05, 3.63) is 96.1 Å². The molecule has 2 amide bonds. The first-order valence-electron chi connectivity index (χ1n) is 10.8. The molecule has 8 nitrogen and oxygen atoms in total. The van der Waals surface area contributed by atoms with Crippen LogP contribution in [0.15, 0.2) is 83.5 Å². The molecule has 4 rings (SSSR count). The molecule has 0 aliphatic rings. The van der Waals surface area contributed by atoms with E-state index in [9.17, 15) is 9.59 Å². The fourth-order valence-corrected chi connectivity index (χ4v) is 3.25. The highest BCUT2D eigenvalue weighted by Crippen LogP contribution is 2.29. The molecule has 4 aromatic rings. The van der Waals surface area contributed by atoms with Crippen LogP contribution in [0.3, 0.4) is 0 Å². The van der Waals surface area contributed by atoms with Crippen LogP contribution in [-0.2, 0) is 11.3 Å². The van der Waals surface area contributed by atoms with Gasteiger partial charge in [0.2, 0.25) is 5.89 Å². The minimum Gasteiger partial charge on any atom is -0.481 e. The molecule has 2 heterocycles. The number of para-hydroxylation sites is 2. The Morgan fingerprint density at radius 1 is 1.03 bits per heavy atom. The lowest BCUT2D eigenvalue weighted by Gasteiger charge is -2.14. The average Bonchev–Trinajstić information content (AvgIpc) is 3.24. The van der Waals surface area contributed by atoms with Crippen molar-refractivity contribution in [1.82, 2.24) is 15.3 Å². The van der Waals surface area contributed by atoms with Gasteiger partial charge in [-0.15, -0.1) is 0 Å². The number of rotatable bonds is 8. The highest BCUT2D eigenvalue weighted by molar-refractivity contribution is 6.05. The number of carbonyl (C=O) groups excluding carboxylic acids is 2. The first-order valence-corrected chi connectivity index (χ1v) is 10.8. The minimum atomic E-state index is -0.669. The van der Waals surface area contributed by atoms with Gasteiger partial charge in [0.15, 0.2) is 6.10 Å². The van der Waals surface area contributed by atoms with Crippen LogP contribution in [0.25, 0.3) is 11.5 Å². The summed E-state index contributed by atoms with van der Waals surface area (Å²) < 4.78 is 11.5. The van der Waals surface area contributed by atoms with Crippen molar-refractivity contribution in [2.24, 2.45) is 0 Å². The Kier molecular flexibility index (Phi) is 6.98. The number of ether oxygens (including phenoxy) is 1. The molecule has 0 fully saturated rings. The van der Waals surface area contributed by atoms with Crippen molar-refractivity contribution in [1.29, 1.82) is 0 Å². The van der Waals surface area contributed by atoms with Gasteiger partial charge in [0, 0.05) is 12.4 Å². The molecule has 1 atom stereocenters. The summed E-state index contributed by atoms with van der Waals surface area (Å²) in [7, 11) is 0. The summed E-state index contributed by atoms with van der Waals surface area (Å²) in [4.78, 5) is 33.6. The molecule has 0 saturated carbocycles. The molecule has 2 aromatic heterocycles. The maximum absolute atomic E-state index is 12.6. The summed E-state index contributed by atoms with van der Waals surface area (Å²) in [6.07, 6.45) is 2.43. The zero-order valence-corrected chi connectivity index (χ0v) is 18.8. The smallest absolute Gasteiger partial charge is 0.261 e. The van der Waals surface area contributed by atoms with Crippen molar-refractivity contribution in [3.8, 4) is 17.2 Å². The van der Waals surface area contributed by atoms with E-state index in [-0.39, 0.29) is 18.4 Å². The number of oxazole rings is 1. The van der Waals surface area contributed by atoms with Gasteiger partial charge < -0.3 is 19.8 Å². The topological polar surface area (TPSA) is 106 Å². The fraction of sp³-hybridized carbons (Fsp3) is 0.154. The third-order valence-electron chi connectivity index (χ3n) is 5.08. The van der Waals surface area contributed by atoms with E-state index in [2.05, 4.69) is 20.6 Å². The molecule has 172 valence electrons. The fourth-order valence-electron chi connectivity index (χ4n) is 3.25. The Labute approximate surface area is 197 Å². The van der Waals surface area contributed by atoms with Gasteiger partial charge in [0.05, 0.1) is 23.4 Å². The Morgan fingerprint density at radius 3 is 2.56 bits per heavy atom. The van der Waals surface area contributed by atoms with Crippen LogP contribution in [0.1, 0.15) is 28.7 Å². The molecule has 34 heavy (non-hydrogen) atoms. The molecule has 2 N–H and O–H groups in total. The van der Waals surface area contributed by atoms with Gasteiger partial charge in [0.25, 0.3) is 11.8 Å². The number of benzene rings is 2. The predicted octanol–water partition coefficient (Wildman–Crippen LogP) is 4.38. The lowest BCUT2D eigenvalue weighted by molar-refractivity contribution is -0.127. The van der Waals surface area contributed by atoms with Gasteiger partial charge in [-0.05, 0) is 50.2 Å². The number of aromatic nitrogens is 2. The van der Waals surface area contributed by atoms with E-state index in [1.54, 1.807) is 50.4 Å². The van der Waals surface area contributed by atoms with E-state index < -0.39 is 6.10 Å². The lowest BCUT2D eigenvalue weighted by atomic mass is 10.1. The van der Waals surface area contributed by atoms with E-state index in [0.717, 1.165) is 0 Å². The summed E-state index contributed by atoms with van der Waals surface area (Å²) in [5.41, 5.74) is 2.21. The number of nitrogens with zero attached hydrogens (tertiary/aromatic N) is 2. The summed E-state index contributed by atoms with van der Waals surface area (Å²) in [6.45, 7) is 3.64. The third kappa shape index (κ3) is 5.47. The van der Waals surface area contributed by atoms with Crippen LogP contribution in [0, 0.1) is 6.92 Å². The number of pyridine rings is 1. The number of carbonyl (C=O) groups is 2. The minimum absolute atomic E-state index is 0.181. The van der Waals surface area contributed by atoms with E-state index in [4.69, 9.17) is 9.15 Å².